The molecule has 2 rings (SSSR count). The Balaban J connectivity index is 2.01. The lowest BCUT2D eigenvalue weighted by Gasteiger charge is -2.07. The number of carbonyl (C=O) groups excluding carboxylic acids is 1. The van der Waals surface area contributed by atoms with Crippen molar-refractivity contribution in [2.24, 2.45) is 0 Å². The van der Waals surface area contributed by atoms with E-state index in [1.807, 2.05) is 6.07 Å². The summed E-state index contributed by atoms with van der Waals surface area (Å²) >= 11 is 0. The van der Waals surface area contributed by atoms with Gasteiger partial charge >= 0.3 is 0 Å². The first-order valence-corrected chi connectivity index (χ1v) is 6.02. The number of nitriles is 1. The first-order valence-electron chi connectivity index (χ1n) is 6.02. The van der Waals surface area contributed by atoms with E-state index in [1.54, 1.807) is 37.3 Å². The predicted octanol–water partition coefficient (Wildman–Crippen LogP) is 3.27. The molecule has 20 heavy (non-hydrogen) atoms. The van der Waals surface area contributed by atoms with Gasteiger partial charge in [0, 0.05) is 5.56 Å². The highest BCUT2D eigenvalue weighted by molar-refractivity contribution is 5.97. The zero-order valence-corrected chi connectivity index (χ0v) is 10.9. The lowest BCUT2D eigenvalue weighted by molar-refractivity contribution is 0.0921. The van der Waals surface area contributed by atoms with Crippen LogP contribution in [-0.2, 0) is 0 Å². The number of nitrogens with zero attached hydrogens (tertiary/aromatic N) is 1. The minimum atomic E-state index is -0.309. The van der Waals surface area contributed by atoms with Gasteiger partial charge in [-0.05, 0) is 55.0 Å². The Kier molecular flexibility index (Phi) is 4.11. The van der Waals surface area contributed by atoms with Gasteiger partial charge in [-0.15, -0.1) is 0 Å². The Morgan fingerprint density at radius 3 is 2.55 bits per heavy atom. The molecule has 0 atom stereocenters. The Morgan fingerprint density at radius 2 is 1.95 bits per heavy atom. The molecule has 2 aromatic carbocycles. The number of carbonyl (C=O) groups is 1. The van der Waals surface area contributed by atoms with E-state index >= 15 is 0 Å². The van der Waals surface area contributed by atoms with Crippen molar-refractivity contribution in [3.05, 3.63) is 65.0 Å². The number of aryl methyl sites for hydroxylation is 1. The molecule has 3 nitrogen and oxygen atoms in total. The summed E-state index contributed by atoms with van der Waals surface area (Å²) in [7, 11) is 0. The molecule has 0 saturated heterocycles. The van der Waals surface area contributed by atoms with Gasteiger partial charge in [0.05, 0.1) is 11.6 Å². The maximum absolute atomic E-state index is 13.1. The number of benzene rings is 2. The van der Waals surface area contributed by atoms with Gasteiger partial charge in [-0.3, -0.25) is 4.79 Å². The number of ether oxygens (including phenoxy) is 1. The average molecular weight is 269 g/mol. The maximum atomic E-state index is 13.1. The molecule has 0 saturated carbocycles. The first-order chi connectivity index (χ1) is 9.60. The van der Waals surface area contributed by atoms with Crippen LogP contribution in [-0.4, -0.2) is 12.4 Å². The van der Waals surface area contributed by atoms with E-state index in [0.717, 1.165) is 0 Å². The third-order valence-electron chi connectivity index (χ3n) is 2.84. The van der Waals surface area contributed by atoms with Crippen LogP contribution in [0.4, 0.5) is 4.39 Å². The van der Waals surface area contributed by atoms with E-state index in [1.165, 1.54) is 12.1 Å². The highest BCUT2D eigenvalue weighted by atomic mass is 19.1. The second-order valence-electron chi connectivity index (χ2n) is 4.31. The van der Waals surface area contributed by atoms with Crippen LogP contribution in [0.1, 0.15) is 21.5 Å². The lowest BCUT2D eigenvalue weighted by atomic mass is 10.1. The molecular weight excluding hydrogens is 257 g/mol. The molecule has 0 amide bonds. The van der Waals surface area contributed by atoms with Crippen molar-refractivity contribution in [1.82, 2.24) is 0 Å². The topological polar surface area (TPSA) is 50.1 Å². The zero-order valence-electron chi connectivity index (χ0n) is 10.9. The Bertz CT molecular complexity index is 672. The van der Waals surface area contributed by atoms with Crippen LogP contribution >= 0.6 is 0 Å². The van der Waals surface area contributed by atoms with Gasteiger partial charge < -0.3 is 4.74 Å². The van der Waals surface area contributed by atoms with Gasteiger partial charge in [0.25, 0.3) is 0 Å². The van der Waals surface area contributed by atoms with Crippen molar-refractivity contribution in [3.8, 4) is 11.8 Å². The smallest absolute Gasteiger partial charge is 0.200 e. The van der Waals surface area contributed by atoms with E-state index in [-0.39, 0.29) is 18.2 Å². The van der Waals surface area contributed by atoms with E-state index in [4.69, 9.17) is 10.00 Å². The first kappa shape index (κ1) is 13.8. The van der Waals surface area contributed by atoms with E-state index in [2.05, 4.69) is 0 Å². The van der Waals surface area contributed by atoms with E-state index in [9.17, 15) is 9.18 Å². The maximum Gasteiger partial charge on any atom is 0.200 e. The second kappa shape index (κ2) is 5.98. The highest BCUT2D eigenvalue weighted by Crippen LogP contribution is 2.16. The quantitative estimate of drug-likeness (QED) is 0.800. The summed E-state index contributed by atoms with van der Waals surface area (Å²) in [5.74, 6) is -0.0573. The minimum absolute atomic E-state index is 0.128. The third kappa shape index (κ3) is 3.21. The molecule has 100 valence electrons. The van der Waals surface area contributed by atoms with Gasteiger partial charge in [0.15, 0.2) is 12.4 Å². The number of hydrogen-bond donors (Lipinski definition) is 0. The molecule has 0 spiro atoms. The summed E-state index contributed by atoms with van der Waals surface area (Å²) in [4.78, 5) is 11.9. The second-order valence-corrected chi connectivity index (χ2v) is 4.31. The fourth-order valence-electron chi connectivity index (χ4n) is 1.67. The number of Topliss-reactive ketones (excluding diaryl/α,β-unsaturated/α-hetero) is 1. The van der Waals surface area contributed by atoms with Crippen molar-refractivity contribution < 1.29 is 13.9 Å². The van der Waals surface area contributed by atoms with Crippen LogP contribution in [0, 0.1) is 24.1 Å². The lowest BCUT2D eigenvalue weighted by Crippen LogP contribution is -2.11. The SMILES string of the molecule is Cc1cc(OCC(=O)c2ccc(C#N)cc2)ccc1F. The molecule has 4 heteroatoms. The fraction of sp³-hybridized carbons (Fsp3) is 0.125. The number of rotatable bonds is 4. The molecule has 0 unspecified atom stereocenters. The fourth-order valence-corrected chi connectivity index (χ4v) is 1.67. The number of ketones is 1. The summed E-state index contributed by atoms with van der Waals surface area (Å²) in [6, 6.07) is 12.6. The predicted molar refractivity (Wildman–Crippen MR) is 72.1 cm³/mol. The average Bonchev–Trinajstić information content (AvgIpc) is 2.48. The van der Waals surface area contributed by atoms with Crippen molar-refractivity contribution in [2.45, 2.75) is 6.92 Å². The molecule has 0 aliphatic heterocycles. The molecule has 0 heterocycles. The summed E-state index contributed by atoms with van der Waals surface area (Å²) in [6.07, 6.45) is 0. The standard InChI is InChI=1S/C16H12FNO2/c1-11-8-14(6-7-15(11)17)20-10-16(19)13-4-2-12(9-18)3-5-13/h2-8H,10H2,1H3. The molecule has 0 aromatic heterocycles. The molecule has 0 aliphatic rings. The Morgan fingerprint density at radius 1 is 1.25 bits per heavy atom. The van der Waals surface area contributed by atoms with Crippen LogP contribution in [0.15, 0.2) is 42.5 Å². The summed E-state index contributed by atoms with van der Waals surface area (Å²) in [5, 5.41) is 8.68. The molecule has 0 radical (unpaired) electrons. The highest BCUT2D eigenvalue weighted by Gasteiger charge is 2.07. The molecule has 0 N–H and O–H groups in total. The van der Waals surface area contributed by atoms with Gasteiger partial charge in [-0.25, -0.2) is 4.39 Å². The van der Waals surface area contributed by atoms with E-state index in [0.29, 0.717) is 22.4 Å². The van der Waals surface area contributed by atoms with Crippen LogP contribution in [0.5, 0.6) is 5.75 Å². The van der Waals surface area contributed by atoms with Gasteiger partial charge in [-0.2, -0.15) is 5.26 Å². The zero-order chi connectivity index (χ0) is 14.5. The largest absolute Gasteiger partial charge is 0.485 e. The molecule has 0 aliphatic carbocycles. The van der Waals surface area contributed by atoms with Crippen LogP contribution < -0.4 is 4.74 Å². The molecule has 0 bridgehead atoms. The van der Waals surface area contributed by atoms with Gasteiger partial charge in [-0.1, -0.05) is 0 Å². The number of halogens is 1. The van der Waals surface area contributed by atoms with Gasteiger partial charge in [0.1, 0.15) is 11.6 Å². The van der Waals surface area contributed by atoms with E-state index < -0.39 is 0 Å². The van der Waals surface area contributed by atoms with Crippen molar-refractivity contribution in [2.75, 3.05) is 6.61 Å². The van der Waals surface area contributed by atoms with Crippen LogP contribution in [0.2, 0.25) is 0 Å². The number of hydrogen-bond acceptors (Lipinski definition) is 3. The molecule has 2 aromatic rings. The molecular formula is C16H12FNO2. The Labute approximate surface area is 116 Å². The normalized spacial score (nSPS) is 9.85. The van der Waals surface area contributed by atoms with Crippen molar-refractivity contribution in [1.29, 1.82) is 5.26 Å². The summed E-state index contributed by atoms with van der Waals surface area (Å²) in [6.45, 7) is 1.50. The van der Waals surface area contributed by atoms with Crippen LogP contribution in [0.3, 0.4) is 0 Å². The third-order valence-corrected chi connectivity index (χ3v) is 2.84. The monoisotopic (exact) mass is 269 g/mol. The van der Waals surface area contributed by atoms with Gasteiger partial charge in [0.2, 0.25) is 0 Å². The summed E-state index contributed by atoms with van der Waals surface area (Å²) in [5.41, 5.74) is 1.44. The molecule has 0 fully saturated rings. The summed E-state index contributed by atoms with van der Waals surface area (Å²) < 4.78 is 18.4. The Hall–Kier alpha value is -2.67. The van der Waals surface area contributed by atoms with Crippen molar-refractivity contribution >= 4 is 5.78 Å². The van der Waals surface area contributed by atoms with Crippen LogP contribution in [0.25, 0.3) is 0 Å². The minimum Gasteiger partial charge on any atom is -0.485 e. The van der Waals surface area contributed by atoms with Crippen molar-refractivity contribution in [3.63, 3.8) is 0 Å².